The van der Waals surface area contributed by atoms with E-state index in [-0.39, 0.29) is 24.1 Å². The Morgan fingerprint density at radius 2 is 1.78 bits per heavy atom. The van der Waals surface area contributed by atoms with Crippen LogP contribution in [0.15, 0.2) is 41.5 Å². The fourth-order valence-corrected chi connectivity index (χ4v) is 7.74. The van der Waals surface area contributed by atoms with Gasteiger partial charge in [-0.1, -0.05) is 13.8 Å². The second-order valence-corrected chi connectivity index (χ2v) is 14.2. The molecule has 0 aromatic carbocycles. The van der Waals surface area contributed by atoms with E-state index in [1.54, 1.807) is 12.3 Å². The van der Waals surface area contributed by atoms with Gasteiger partial charge in [0.1, 0.15) is 5.82 Å². The van der Waals surface area contributed by atoms with Gasteiger partial charge < -0.3 is 20.4 Å². The second kappa shape index (κ2) is 14.2. The number of hydrogen-bond donors (Lipinski definition) is 3. The molecule has 4 aromatic rings. The quantitative estimate of drug-likeness (QED) is 0.224. The van der Waals surface area contributed by atoms with Crippen molar-refractivity contribution >= 4 is 17.2 Å². The third-order valence-electron chi connectivity index (χ3n) is 10.2. The third-order valence-corrected chi connectivity index (χ3v) is 10.2. The van der Waals surface area contributed by atoms with E-state index in [0.29, 0.717) is 49.0 Å². The Hall–Kier alpha value is -4.20. The molecule has 0 bridgehead atoms. The van der Waals surface area contributed by atoms with E-state index in [4.69, 9.17) is 5.73 Å². The molecule has 268 valence electrons. The second-order valence-electron chi connectivity index (χ2n) is 14.2. The molecule has 1 fully saturated rings. The number of piperazine rings is 1. The van der Waals surface area contributed by atoms with Gasteiger partial charge in [0.25, 0.3) is 11.5 Å². The van der Waals surface area contributed by atoms with Crippen molar-refractivity contribution in [1.29, 1.82) is 0 Å². The first kappa shape index (κ1) is 35.6. The number of rotatable bonds is 9. The molecule has 6 rings (SSSR count). The molecule has 10 nitrogen and oxygen atoms in total. The average molecular weight is 693 g/mol. The van der Waals surface area contributed by atoms with Gasteiger partial charge in [-0.3, -0.25) is 24.3 Å². The zero-order valence-corrected chi connectivity index (χ0v) is 29.5. The molecule has 0 saturated carbocycles. The summed E-state index contributed by atoms with van der Waals surface area (Å²) in [6.45, 7) is 13.5. The smallest absolute Gasteiger partial charge is 0.384 e. The number of pyridine rings is 3. The number of nitrogens with two attached hydrogens (primary N) is 1. The van der Waals surface area contributed by atoms with E-state index in [1.807, 2.05) is 45.2 Å². The van der Waals surface area contributed by atoms with Crippen LogP contribution in [-0.2, 0) is 19.5 Å². The van der Waals surface area contributed by atoms with Crippen LogP contribution in [-0.4, -0.2) is 87.0 Å². The van der Waals surface area contributed by atoms with Gasteiger partial charge in [-0.25, -0.2) is 4.98 Å². The van der Waals surface area contributed by atoms with Crippen molar-refractivity contribution in [3.63, 3.8) is 0 Å². The van der Waals surface area contributed by atoms with Gasteiger partial charge in [0.2, 0.25) is 0 Å². The number of alkyl halides is 3. The number of nitrogens with zero attached hydrogens (tertiary/aromatic N) is 5. The maximum absolute atomic E-state index is 14.1. The number of nitrogens with one attached hydrogen (secondary N) is 2. The summed E-state index contributed by atoms with van der Waals surface area (Å²) >= 11 is 0. The molecular weight excluding hydrogens is 645 g/mol. The minimum absolute atomic E-state index is 0.0907. The van der Waals surface area contributed by atoms with Gasteiger partial charge in [0, 0.05) is 104 Å². The highest BCUT2D eigenvalue weighted by atomic mass is 19.4. The fraction of sp³-hybridized carbons (Fsp3) is 0.486. The van der Waals surface area contributed by atoms with Crippen LogP contribution in [0.1, 0.15) is 70.8 Å². The van der Waals surface area contributed by atoms with Crippen LogP contribution in [0.5, 0.6) is 0 Å². The first-order valence-electron chi connectivity index (χ1n) is 17.3. The minimum Gasteiger partial charge on any atom is -0.384 e. The molecule has 1 atom stereocenters. The largest absolute Gasteiger partial charge is 0.401 e. The molecule has 13 heteroatoms. The van der Waals surface area contributed by atoms with Gasteiger partial charge in [0.05, 0.1) is 12.1 Å². The number of carbonyl (C=O) groups excluding carboxylic acids is 1. The normalized spacial score (nSPS) is 17.0. The predicted octanol–water partition coefficient (Wildman–Crippen LogP) is 5.07. The summed E-state index contributed by atoms with van der Waals surface area (Å²) in [6, 6.07) is 7.25. The maximum atomic E-state index is 14.1. The summed E-state index contributed by atoms with van der Waals surface area (Å²) < 4.78 is 41.3. The van der Waals surface area contributed by atoms with Gasteiger partial charge in [-0.05, 0) is 74.1 Å². The lowest BCUT2D eigenvalue weighted by atomic mass is 9.93. The van der Waals surface area contributed by atoms with Gasteiger partial charge in [-0.2, -0.15) is 13.2 Å². The number of aryl methyl sites for hydroxylation is 1. The van der Waals surface area contributed by atoms with E-state index in [0.717, 1.165) is 70.8 Å². The molecule has 1 unspecified atom stereocenters. The zero-order valence-electron chi connectivity index (χ0n) is 29.5. The monoisotopic (exact) mass is 692 g/mol. The zero-order chi connectivity index (χ0) is 35.9. The number of amides is 1. The van der Waals surface area contributed by atoms with Crippen molar-refractivity contribution in [2.24, 2.45) is 5.92 Å². The molecule has 2 aliphatic rings. The van der Waals surface area contributed by atoms with Crippen LogP contribution in [0.2, 0.25) is 0 Å². The average Bonchev–Trinajstić information content (AvgIpc) is 3.47. The minimum atomic E-state index is -4.24. The van der Waals surface area contributed by atoms with Crippen LogP contribution >= 0.6 is 0 Å². The summed E-state index contributed by atoms with van der Waals surface area (Å²) in [5.41, 5.74) is 13.9. The summed E-state index contributed by atoms with van der Waals surface area (Å²) in [5.74, 6) is 0.623. The summed E-state index contributed by atoms with van der Waals surface area (Å²) in [7, 11) is 0. The van der Waals surface area contributed by atoms with Crippen molar-refractivity contribution in [2.75, 3.05) is 51.5 Å². The Balaban J connectivity index is 1.33. The Morgan fingerprint density at radius 3 is 2.44 bits per heavy atom. The number of halogens is 3. The lowest BCUT2D eigenvalue weighted by Gasteiger charge is -2.39. The number of hydrogen-bond acceptors (Lipinski definition) is 7. The van der Waals surface area contributed by atoms with Crippen LogP contribution in [0.3, 0.4) is 0 Å². The number of aromatic nitrogens is 3. The molecule has 4 aromatic heterocycles. The standard InChI is InChI=1S/C37H47F3N8O2/c1-22(2)19-46-10-8-28-30(36(50)44-24(4)31(28)20-46)18-43-35(49)29-16-32-27(26-6-7-33(41)42-17-26)9-11-48(32)34(23(29)3)25(5)47-14-12-45(13-15-47)21-37(38,39)40/h6-7,9,11,16-17,22,25H,8,10,12-15,18-21H2,1-5H3,(H2,41,42)(H,43,49)(H,44,50). The number of nitrogen functional groups attached to an aromatic ring is 1. The molecule has 0 spiro atoms. The third kappa shape index (κ3) is 7.45. The van der Waals surface area contributed by atoms with E-state index < -0.39 is 12.7 Å². The molecular formula is C37H47F3N8O2. The lowest BCUT2D eigenvalue weighted by molar-refractivity contribution is -0.149. The number of anilines is 1. The molecule has 1 amide bonds. The first-order chi connectivity index (χ1) is 23.7. The molecule has 0 radical (unpaired) electrons. The van der Waals surface area contributed by atoms with E-state index >= 15 is 0 Å². The molecule has 6 heterocycles. The number of carbonyl (C=O) groups is 1. The van der Waals surface area contributed by atoms with E-state index in [1.165, 1.54) is 4.90 Å². The van der Waals surface area contributed by atoms with Crippen LogP contribution in [0, 0.1) is 19.8 Å². The van der Waals surface area contributed by atoms with Crippen molar-refractivity contribution < 1.29 is 18.0 Å². The Morgan fingerprint density at radius 1 is 1.04 bits per heavy atom. The van der Waals surface area contributed by atoms with Crippen LogP contribution in [0.25, 0.3) is 16.6 Å². The van der Waals surface area contributed by atoms with Gasteiger partial charge in [0.15, 0.2) is 0 Å². The summed E-state index contributed by atoms with van der Waals surface area (Å²) in [6.07, 6.45) is 0.155. The number of fused-ring (bicyclic) bond motifs is 2. The Labute approximate surface area is 290 Å². The van der Waals surface area contributed by atoms with Gasteiger partial charge in [-0.15, -0.1) is 0 Å². The fourth-order valence-electron chi connectivity index (χ4n) is 7.74. The highest BCUT2D eigenvalue weighted by molar-refractivity contribution is 5.98. The molecule has 4 N–H and O–H groups in total. The van der Waals surface area contributed by atoms with Crippen LogP contribution < -0.4 is 16.6 Å². The van der Waals surface area contributed by atoms with Crippen molar-refractivity contribution in [2.45, 2.75) is 66.3 Å². The van der Waals surface area contributed by atoms with Crippen molar-refractivity contribution in [1.82, 2.24) is 34.4 Å². The predicted molar refractivity (Wildman–Crippen MR) is 189 cm³/mol. The number of aromatic amines is 1. The molecule has 0 aliphatic carbocycles. The summed E-state index contributed by atoms with van der Waals surface area (Å²) in [5, 5.41) is 3.07. The van der Waals surface area contributed by atoms with Crippen molar-refractivity contribution in [3.8, 4) is 11.1 Å². The van der Waals surface area contributed by atoms with Crippen molar-refractivity contribution in [3.05, 3.63) is 86.2 Å². The topological polar surface area (TPSA) is 115 Å². The van der Waals surface area contributed by atoms with E-state index in [9.17, 15) is 22.8 Å². The Kier molecular flexibility index (Phi) is 10.1. The van der Waals surface area contributed by atoms with E-state index in [2.05, 4.69) is 43.3 Å². The molecule has 2 aliphatic heterocycles. The maximum Gasteiger partial charge on any atom is 0.401 e. The summed E-state index contributed by atoms with van der Waals surface area (Å²) in [4.78, 5) is 40.7. The lowest BCUT2D eigenvalue weighted by Crippen LogP contribution is -2.49. The SMILES string of the molecule is Cc1[nH]c(=O)c(CNC(=O)c2cc3c(-c4ccc(N)nc4)ccn3c(C(C)N3CCN(CC(F)(F)F)CC3)c2C)c2c1CN(CC(C)C)CC2. The highest BCUT2D eigenvalue weighted by Crippen LogP contribution is 2.34. The molecule has 1 saturated heterocycles. The first-order valence-corrected chi connectivity index (χ1v) is 17.3. The highest BCUT2D eigenvalue weighted by Gasteiger charge is 2.34. The number of H-pyrrole nitrogens is 1. The van der Waals surface area contributed by atoms with Gasteiger partial charge >= 0.3 is 6.18 Å². The van der Waals surface area contributed by atoms with Crippen LogP contribution in [0.4, 0.5) is 19.0 Å². The molecule has 50 heavy (non-hydrogen) atoms. The Bertz CT molecular complexity index is 1920.